The van der Waals surface area contributed by atoms with Crippen LogP contribution in [0, 0.1) is 6.92 Å². The molecule has 1 aromatic rings. The van der Waals surface area contributed by atoms with E-state index in [9.17, 15) is 0 Å². The number of aryl methyl sites for hydroxylation is 1. The zero-order valence-corrected chi connectivity index (χ0v) is 11.5. The van der Waals surface area contributed by atoms with Gasteiger partial charge in [-0.1, -0.05) is 18.3 Å². The van der Waals surface area contributed by atoms with Gasteiger partial charge in [0, 0.05) is 31.4 Å². The van der Waals surface area contributed by atoms with Crippen molar-refractivity contribution in [1.82, 2.24) is 15.2 Å². The number of ether oxygens (including phenoxy) is 1. The monoisotopic (exact) mass is 265 g/mol. The Morgan fingerprint density at radius 3 is 3.00 bits per heavy atom. The van der Waals surface area contributed by atoms with Gasteiger partial charge < -0.3 is 10.1 Å². The summed E-state index contributed by atoms with van der Waals surface area (Å²) in [6.45, 7) is 6.43. The number of hydrogen-bond donors (Lipinski definition) is 1. The normalized spacial score (nSPS) is 16.5. The molecule has 98 valence electrons. The Labute approximate surface area is 113 Å². The minimum atomic E-state index is 0.715. The van der Waals surface area contributed by atoms with Gasteiger partial charge in [0.2, 0.25) is 0 Å². The maximum absolute atomic E-state index is 5.36. The molecule has 0 spiro atoms. The molecule has 0 amide bonds. The number of nitrogens with one attached hydrogen (secondary N) is 1. The lowest BCUT2D eigenvalue weighted by atomic mass is 10.2. The van der Waals surface area contributed by atoms with Gasteiger partial charge in [-0.3, -0.25) is 9.88 Å². The topological polar surface area (TPSA) is 37.4 Å². The van der Waals surface area contributed by atoms with Crippen molar-refractivity contribution in [3.63, 3.8) is 0 Å². The summed E-state index contributed by atoms with van der Waals surface area (Å²) in [6.07, 6.45) is 2.53. The van der Waals surface area contributed by atoms with Crippen LogP contribution in [-0.4, -0.2) is 47.8 Å². The third kappa shape index (κ3) is 4.01. The molecular weight excluding hydrogens is 246 g/mol. The van der Waals surface area contributed by atoms with Crippen LogP contribution in [0.2, 0.25) is 0 Å². The van der Waals surface area contributed by atoms with E-state index in [1.165, 1.54) is 5.56 Å². The average Bonchev–Trinajstić information content (AvgIpc) is 2.40. The van der Waals surface area contributed by atoms with Crippen molar-refractivity contribution >= 4 is 17.2 Å². The molecule has 2 heterocycles. The molecule has 1 N–H and O–H groups in total. The lowest BCUT2D eigenvalue weighted by Gasteiger charge is -2.27. The smallest absolute Gasteiger partial charge is 0.0823 e. The Bertz CT molecular complexity index is 405. The van der Waals surface area contributed by atoms with Crippen LogP contribution in [-0.2, 0) is 11.2 Å². The number of hydrogen-bond acceptors (Lipinski definition) is 4. The van der Waals surface area contributed by atoms with Gasteiger partial charge in [0.05, 0.1) is 24.9 Å². The summed E-state index contributed by atoms with van der Waals surface area (Å²) in [7, 11) is 0. The highest BCUT2D eigenvalue weighted by molar-refractivity contribution is 7.80. The first-order valence-corrected chi connectivity index (χ1v) is 6.64. The van der Waals surface area contributed by atoms with Gasteiger partial charge in [0.15, 0.2) is 0 Å². The van der Waals surface area contributed by atoms with Crippen LogP contribution in [0.15, 0.2) is 18.3 Å². The predicted molar refractivity (Wildman–Crippen MR) is 75.7 cm³/mol. The molecule has 0 unspecified atom stereocenters. The molecular formula is C13H19N3OS. The number of nitrogens with zero attached hydrogens (tertiary/aromatic N) is 2. The van der Waals surface area contributed by atoms with Crippen molar-refractivity contribution in [3.8, 4) is 0 Å². The van der Waals surface area contributed by atoms with E-state index in [0.29, 0.717) is 6.42 Å². The Balaban J connectivity index is 1.76. The zero-order chi connectivity index (χ0) is 12.8. The molecule has 18 heavy (non-hydrogen) atoms. The van der Waals surface area contributed by atoms with E-state index in [4.69, 9.17) is 17.0 Å². The summed E-state index contributed by atoms with van der Waals surface area (Å²) in [6, 6.07) is 4.01. The second-order valence-electron chi connectivity index (χ2n) is 4.43. The Hall–Kier alpha value is -1.04. The van der Waals surface area contributed by atoms with E-state index < -0.39 is 0 Å². The quantitative estimate of drug-likeness (QED) is 0.826. The van der Waals surface area contributed by atoms with Crippen LogP contribution >= 0.6 is 12.2 Å². The van der Waals surface area contributed by atoms with E-state index in [2.05, 4.69) is 28.2 Å². The number of aromatic nitrogens is 1. The van der Waals surface area contributed by atoms with Crippen LogP contribution in [0.25, 0.3) is 0 Å². The molecule has 0 radical (unpaired) electrons. The molecule has 0 bridgehead atoms. The van der Waals surface area contributed by atoms with Gasteiger partial charge in [-0.25, -0.2) is 0 Å². The molecule has 1 saturated heterocycles. The fourth-order valence-corrected chi connectivity index (χ4v) is 2.08. The molecule has 4 nitrogen and oxygen atoms in total. The fraction of sp³-hybridized carbons (Fsp3) is 0.538. The number of rotatable bonds is 4. The van der Waals surface area contributed by atoms with Crippen molar-refractivity contribution in [2.75, 3.05) is 33.0 Å². The summed E-state index contributed by atoms with van der Waals surface area (Å²) in [5, 5.41) is 3.29. The SMILES string of the molecule is Cc1cccnc1CC(=S)NCN1CCOCC1. The van der Waals surface area contributed by atoms with Crippen LogP contribution < -0.4 is 5.32 Å². The summed E-state index contributed by atoms with van der Waals surface area (Å²) >= 11 is 5.36. The van der Waals surface area contributed by atoms with Gasteiger partial charge in [-0.15, -0.1) is 0 Å². The predicted octanol–water partition coefficient (Wildman–Crippen LogP) is 1.14. The Morgan fingerprint density at radius 2 is 2.28 bits per heavy atom. The summed E-state index contributed by atoms with van der Waals surface area (Å²) < 4.78 is 5.31. The van der Waals surface area contributed by atoms with Crippen molar-refractivity contribution < 1.29 is 4.74 Å². The largest absolute Gasteiger partial charge is 0.379 e. The van der Waals surface area contributed by atoms with Crippen molar-refractivity contribution in [2.24, 2.45) is 0 Å². The van der Waals surface area contributed by atoms with Gasteiger partial charge >= 0.3 is 0 Å². The summed E-state index contributed by atoms with van der Waals surface area (Å²) in [5.41, 5.74) is 2.24. The number of morpholine rings is 1. The van der Waals surface area contributed by atoms with Crippen LogP contribution in [0.5, 0.6) is 0 Å². The number of thiocarbonyl (C=S) groups is 1. The van der Waals surface area contributed by atoms with Crippen molar-refractivity contribution in [2.45, 2.75) is 13.3 Å². The maximum atomic E-state index is 5.36. The second-order valence-corrected chi connectivity index (χ2v) is 4.93. The highest BCUT2D eigenvalue weighted by Crippen LogP contribution is 2.04. The number of pyridine rings is 1. The van der Waals surface area contributed by atoms with E-state index in [0.717, 1.165) is 43.7 Å². The molecule has 0 saturated carbocycles. The van der Waals surface area contributed by atoms with E-state index in [1.807, 2.05) is 12.3 Å². The second kappa shape index (κ2) is 6.78. The summed E-state index contributed by atoms with van der Waals surface area (Å²) in [4.78, 5) is 7.51. The lowest BCUT2D eigenvalue weighted by molar-refractivity contribution is 0.0367. The zero-order valence-electron chi connectivity index (χ0n) is 10.7. The summed E-state index contributed by atoms with van der Waals surface area (Å²) in [5.74, 6) is 0. The van der Waals surface area contributed by atoms with E-state index >= 15 is 0 Å². The third-order valence-electron chi connectivity index (χ3n) is 3.05. The molecule has 1 aromatic heterocycles. The maximum Gasteiger partial charge on any atom is 0.0823 e. The molecule has 2 rings (SSSR count). The van der Waals surface area contributed by atoms with Gasteiger partial charge in [-0.05, 0) is 18.6 Å². The molecule has 0 aromatic carbocycles. The van der Waals surface area contributed by atoms with Gasteiger partial charge in [0.25, 0.3) is 0 Å². The third-order valence-corrected chi connectivity index (χ3v) is 3.34. The standard InChI is InChI=1S/C13H19N3OS/c1-11-3-2-4-14-12(11)9-13(18)15-10-16-5-7-17-8-6-16/h2-4H,5-10H2,1H3,(H,15,18). The minimum absolute atomic E-state index is 0.715. The van der Waals surface area contributed by atoms with Crippen molar-refractivity contribution in [3.05, 3.63) is 29.6 Å². The van der Waals surface area contributed by atoms with Gasteiger partial charge in [-0.2, -0.15) is 0 Å². The average molecular weight is 265 g/mol. The van der Waals surface area contributed by atoms with Crippen LogP contribution in [0.4, 0.5) is 0 Å². The van der Waals surface area contributed by atoms with Gasteiger partial charge in [0.1, 0.15) is 0 Å². The first kappa shape index (κ1) is 13.4. The molecule has 5 heteroatoms. The first-order chi connectivity index (χ1) is 8.75. The molecule has 0 aliphatic carbocycles. The highest BCUT2D eigenvalue weighted by Gasteiger charge is 2.10. The minimum Gasteiger partial charge on any atom is -0.379 e. The van der Waals surface area contributed by atoms with E-state index in [-0.39, 0.29) is 0 Å². The molecule has 0 atom stereocenters. The Kier molecular flexibility index (Phi) is 5.04. The van der Waals surface area contributed by atoms with Crippen molar-refractivity contribution in [1.29, 1.82) is 0 Å². The van der Waals surface area contributed by atoms with Crippen LogP contribution in [0.3, 0.4) is 0 Å². The lowest BCUT2D eigenvalue weighted by Crippen LogP contribution is -2.43. The molecule has 1 fully saturated rings. The van der Waals surface area contributed by atoms with Crippen LogP contribution in [0.1, 0.15) is 11.3 Å². The fourth-order valence-electron chi connectivity index (χ4n) is 1.88. The van der Waals surface area contributed by atoms with E-state index in [1.54, 1.807) is 0 Å². The Morgan fingerprint density at radius 1 is 1.50 bits per heavy atom. The highest BCUT2D eigenvalue weighted by atomic mass is 32.1. The first-order valence-electron chi connectivity index (χ1n) is 6.23. The molecule has 1 aliphatic rings. The molecule has 1 aliphatic heterocycles.